The van der Waals surface area contributed by atoms with Crippen molar-refractivity contribution in [2.75, 3.05) is 6.54 Å². The van der Waals surface area contributed by atoms with Crippen molar-refractivity contribution in [3.05, 3.63) is 0 Å². The first-order valence-electron chi connectivity index (χ1n) is 4.35. The Morgan fingerprint density at radius 1 is 1.30 bits per heavy atom. The summed E-state index contributed by atoms with van der Waals surface area (Å²) in [4.78, 5) is 0. The van der Waals surface area contributed by atoms with Gasteiger partial charge in [-0.1, -0.05) is 0 Å². The molecule has 0 heterocycles. The molecule has 0 aliphatic heterocycles. The highest BCUT2D eigenvalue weighted by Crippen LogP contribution is 2.31. The van der Waals surface area contributed by atoms with Gasteiger partial charge >= 0.3 is 0 Å². The van der Waals surface area contributed by atoms with Crippen LogP contribution in [0.3, 0.4) is 0 Å². The lowest BCUT2D eigenvalue weighted by Gasteiger charge is -2.09. The zero-order valence-corrected chi connectivity index (χ0v) is 6.34. The van der Waals surface area contributed by atoms with Crippen molar-refractivity contribution in [1.82, 2.24) is 5.32 Å². The molecule has 2 aliphatic rings. The summed E-state index contributed by atoms with van der Waals surface area (Å²) in [7, 11) is 0. The zero-order valence-electron chi connectivity index (χ0n) is 6.34. The van der Waals surface area contributed by atoms with Gasteiger partial charge in [-0.25, -0.2) is 0 Å². The van der Waals surface area contributed by atoms with Crippen molar-refractivity contribution in [2.24, 2.45) is 11.7 Å². The van der Waals surface area contributed by atoms with E-state index in [0.29, 0.717) is 6.04 Å². The second-order valence-corrected chi connectivity index (χ2v) is 3.68. The van der Waals surface area contributed by atoms with Crippen LogP contribution in [0.5, 0.6) is 0 Å². The zero-order chi connectivity index (χ0) is 6.97. The second kappa shape index (κ2) is 2.51. The highest BCUT2D eigenvalue weighted by atomic mass is 15.0. The van der Waals surface area contributed by atoms with E-state index in [2.05, 4.69) is 5.32 Å². The molecule has 0 aromatic heterocycles. The fraction of sp³-hybridized carbons (Fsp3) is 1.00. The maximum absolute atomic E-state index is 5.89. The normalized spacial score (nSPS) is 28.5. The van der Waals surface area contributed by atoms with E-state index in [1.165, 1.54) is 25.7 Å². The highest BCUT2D eigenvalue weighted by molar-refractivity contribution is 4.88. The van der Waals surface area contributed by atoms with Gasteiger partial charge in [0.25, 0.3) is 0 Å². The monoisotopic (exact) mass is 140 g/mol. The van der Waals surface area contributed by atoms with E-state index < -0.39 is 0 Å². The van der Waals surface area contributed by atoms with E-state index >= 15 is 0 Å². The fourth-order valence-electron chi connectivity index (χ4n) is 1.28. The molecule has 2 rings (SSSR count). The average molecular weight is 140 g/mol. The van der Waals surface area contributed by atoms with Crippen molar-refractivity contribution < 1.29 is 0 Å². The molecule has 2 fully saturated rings. The Bertz CT molecular complexity index is 116. The largest absolute Gasteiger partial charge is 0.326 e. The lowest BCUT2D eigenvalue weighted by atomic mass is 10.2. The van der Waals surface area contributed by atoms with Gasteiger partial charge in [-0.15, -0.1) is 0 Å². The molecule has 1 unspecified atom stereocenters. The van der Waals surface area contributed by atoms with Gasteiger partial charge in [0.2, 0.25) is 0 Å². The first-order valence-corrected chi connectivity index (χ1v) is 4.35. The minimum absolute atomic E-state index is 0.445. The third-order valence-corrected chi connectivity index (χ3v) is 2.45. The van der Waals surface area contributed by atoms with Crippen LogP contribution in [0, 0.1) is 5.92 Å². The molecule has 3 N–H and O–H groups in total. The van der Waals surface area contributed by atoms with Crippen LogP contribution in [-0.4, -0.2) is 18.6 Å². The summed E-state index contributed by atoms with van der Waals surface area (Å²) in [6.45, 7) is 1.05. The van der Waals surface area contributed by atoms with Crippen LogP contribution in [0.25, 0.3) is 0 Å². The van der Waals surface area contributed by atoms with Gasteiger partial charge in [0.15, 0.2) is 0 Å². The summed E-state index contributed by atoms with van der Waals surface area (Å²) in [5, 5.41) is 3.45. The summed E-state index contributed by atoms with van der Waals surface area (Å²) < 4.78 is 0. The first-order chi connectivity index (χ1) is 4.86. The van der Waals surface area contributed by atoms with Crippen molar-refractivity contribution in [3.8, 4) is 0 Å². The number of hydrogen-bond donors (Lipinski definition) is 2. The van der Waals surface area contributed by atoms with Crippen LogP contribution in [0.4, 0.5) is 0 Å². The number of rotatable bonds is 4. The Morgan fingerprint density at radius 3 is 2.50 bits per heavy atom. The van der Waals surface area contributed by atoms with Gasteiger partial charge in [0.1, 0.15) is 0 Å². The SMILES string of the molecule is NC(CNC1CC1)C1CC1. The van der Waals surface area contributed by atoms with Crippen molar-refractivity contribution in [1.29, 1.82) is 0 Å². The lowest BCUT2D eigenvalue weighted by Crippen LogP contribution is -2.36. The third-order valence-electron chi connectivity index (χ3n) is 2.45. The Kier molecular flexibility index (Phi) is 1.66. The Labute approximate surface area is 62.2 Å². The van der Waals surface area contributed by atoms with Crippen molar-refractivity contribution in [3.63, 3.8) is 0 Å². The molecule has 2 saturated carbocycles. The quantitative estimate of drug-likeness (QED) is 0.596. The molecule has 58 valence electrons. The van der Waals surface area contributed by atoms with Crippen LogP contribution < -0.4 is 11.1 Å². The number of nitrogens with two attached hydrogens (primary N) is 1. The van der Waals surface area contributed by atoms with Gasteiger partial charge in [-0.2, -0.15) is 0 Å². The average Bonchev–Trinajstić information content (AvgIpc) is 2.76. The summed E-state index contributed by atoms with van der Waals surface area (Å²) in [6.07, 6.45) is 5.48. The molecule has 1 atom stereocenters. The summed E-state index contributed by atoms with van der Waals surface area (Å²) >= 11 is 0. The minimum atomic E-state index is 0.445. The minimum Gasteiger partial charge on any atom is -0.326 e. The lowest BCUT2D eigenvalue weighted by molar-refractivity contribution is 0.527. The van der Waals surface area contributed by atoms with Gasteiger partial charge in [-0.3, -0.25) is 0 Å². The highest BCUT2D eigenvalue weighted by Gasteiger charge is 2.29. The standard InChI is InChI=1S/C8H16N2/c9-8(6-1-2-6)5-10-7-3-4-7/h6-8,10H,1-5,9H2. The number of hydrogen-bond acceptors (Lipinski definition) is 2. The molecule has 0 aromatic rings. The van der Waals surface area contributed by atoms with Crippen LogP contribution in [-0.2, 0) is 0 Å². The topological polar surface area (TPSA) is 38.0 Å². The molecule has 0 aromatic carbocycles. The Balaban J connectivity index is 1.58. The molecular weight excluding hydrogens is 124 g/mol. The molecule has 2 aliphatic carbocycles. The smallest absolute Gasteiger partial charge is 0.0194 e. The van der Waals surface area contributed by atoms with E-state index in [9.17, 15) is 0 Å². The Hall–Kier alpha value is -0.0800. The van der Waals surface area contributed by atoms with E-state index in [-0.39, 0.29) is 0 Å². The van der Waals surface area contributed by atoms with Crippen molar-refractivity contribution in [2.45, 2.75) is 37.8 Å². The molecule has 10 heavy (non-hydrogen) atoms. The van der Waals surface area contributed by atoms with E-state index in [1.807, 2.05) is 0 Å². The number of nitrogens with one attached hydrogen (secondary N) is 1. The summed E-state index contributed by atoms with van der Waals surface area (Å²) in [6, 6.07) is 1.27. The van der Waals surface area contributed by atoms with Gasteiger partial charge < -0.3 is 11.1 Å². The third kappa shape index (κ3) is 1.70. The first kappa shape index (κ1) is 6.62. The molecule has 0 radical (unpaired) electrons. The fourth-order valence-corrected chi connectivity index (χ4v) is 1.28. The van der Waals surface area contributed by atoms with Crippen molar-refractivity contribution >= 4 is 0 Å². The van der Waals surface area contributed by atoms with Crippen LogP contribution in [0.1, 0.15) is 25.7 Å². The van der Waals surface area contributed by atoms with E-state index in [1.54, 1.807) is 0 Å². The van der Waals surface area contributed by atoms with Crippen LogP contribution in [0.15, 0.2) is 0 Å². The molecule has 0 bridgehead atoms. The summed E-state index contributed by atoms with van der Waals surface area (Å²) in [5.41, 5.74) is 5.89. The Morgan fingerprint density at radius 2 is 2.00 bits per heavy atom. The van der Waals surface area contributed by atoms with Gasteiger partial charge in [0, 0.05) is 18.6 Å². The van der Waals surface area contributed by atoms with Gasteiger partial charge in [-0.05, 0) is 31.6 Å². The molecule has 2 nitrogen and oxygen atoms in total. The van der Waals surface area contributed by atoms with E-state index in [4.69, 9.17) is 5.73 Å². The summed E-state index contributed by atoms with van der Waals surface area (Å²) in [5.74, 6) is 0.853. The predicted molar refractivity (Wildman–Crippen MR) is 41.7 cm³/mol. The maximum Gasteiger partial charge on any atom is 0.0194 e. The predicted octanol–water partition coefficient (Wildman–Crippen LogP) is 0.476. The molecule has 0 saturated heterocycles. The van der Waals surface area contributed by atoms with Crippen LogP contribution >= 0.6 is 0 Å². The molecular formula is C8H16N2. The van der Waals surface area contributed by atoms with Gasteiger partial charge in [0.05, 0.1) is 0 Å². The molecule has 0 spiro atoms. The van der Waals surface area contributed by atoms with Crippen LogP contribution in [0.2, 0.25) is 0 Å². The maximum atomic E-state index is 5.89. The van der Waals surface area contributed by atoms with E-state index in [0.717, 1.165) is 18.5 Å². The molecule has 0 amide bonds. The molecule has 2 heteroatoms. The second-order valence-electron chi connectivity index (χ2n) is 3.68.